The van der Waals surface area contributed by atoms with Crippen LogP contribution in [0.5, 0.6) is 0 Å². The fourth-order valence-electron chi connectivity index (χ4n) is 4.80. The summed E-state index contributed by atoms with van der Waals surface area (Å²) >= 11 is 2.27. The van der Waals surface area contributed by atoms with Crippen molar-refractivity contribution in [3.05, 3.63) is 27.8 Å². The monoisotopic (exact) mass is 612 g/mol. The van der Waals surface area contributed by atoms with Gasteiger partial charge in [-0.3, -0.25) is 4.79 Å². The number of aromatic nitrogens is 5. The van der Waals surface area contributed by atoms with E-state index in [9.17, 15) is 35.4 Å². The first-order valence-electron chi connectivity index (χ1n) is 13.0. The minimum atomic E-state index is -1.47. The first kappa shape index (κ1) is 30.0. The number of hydrogen-bond donors (Lipinski definition) is 7. The number of nitrogens with zero attached hydrogens (tertiary/aromatic N) is 5. The third-order valence-corrected chi connectivity index (χ3v) is 9.25. The van der Waals surface area contributed by atoms with E-state index in [-0.39, 0.29) is 24.9 Å². The van der Waals surface area contributed by atoms with E-state index in [2.05, 4.69) is 25.6 Å². The van der Waals surface area contributed by atoms with Crippen LogP contribution >= 0.6 is 22.7 Å². The Labute approximate surface area is 242 Å². The van der Waals surface area contributed by atoms with Gasteiger partial charge in [0.15, 0.2) is 5.13 Å². The molecule has 0 aliphatic carbocycles. The van der Waals surface area contributed by atoms with Crippen LogP contribution in [0.1, 0.15) is 33.6 Å². The molecule has 224 valence electrons. The molecule has 9 atom stereocenters. The Hall–Kier alpha value is -2.45. The van der Waals surface area contributed by atoms with Crippen molar-refractivity contribution in [3.63, 3.8) is 0 Å². The molecule has 0 spiro atoms. The Balaban J connectivity index is 1.21. The van der Waals surface area contributed by atoms with Crippen molar-refractivity contribution in [2.24, 2.45) is 0 Å². The molecule has 0 radical (unpaired) electrons. The number of carbonyl (C=O) groups is 1. The second-order valence-corrected chi connectivity index (χ2v) is 12.2. The van der Waals surface area contributed by atoms with E-state index in [1.807, 2.05) is 0 Å². The fraction of sp³-hybridized carbons (Fsp3) is 0.625. The number of aliphatic hydroxyl groups is 6. The topological polar surface area (TPSA) is 225 Å². The predicted octanol–water partition coefficient (Wildman–Crippen LogP) is -1.45. The molecule has 3 aromatic heterocycles. The molecule has 2 aliphatic heterocycles. The summed E-state index contributed by atoms with van der Waals surface area (Å²) in [5.74, 6) is -0.269. The van der Waals surface area contributed by atoms with Crippen molar-refractivity contribution in [3.8, 4) is 10.7 Å². The molecule has 2 aliphatic rings. The Morgan fingerprint density at radius 3 is 2.59 bits per heavy atom. The molecule has 17 heteroatoms. The maximum absolute atomic E-state index is 13.3. The van der Waals surface area contributed by atoms with E-state index in [0.717, 1.165) is 11.3 Å². The van der Waals surface area contributed by atoms with Gasteiger partial charge in [-0.2, -0.15) is 0 Å². The van der Waals surface area contributed by atoms with Gasteiger partial charge in [0.2, 0.25) is 5.78 Å². The zero-order valence-corrected chi connectivity index (χ0v) is 23.8. The molecule has 5 rings (SSSR count). The second kappa shape index (κ2) is 12.4. The van der Waals surface area contributed by atoms with Crippen molar-refractivity contribution in [1.82, 2.24) is 25.0 Å². The Morgan fingerprint density at radius 2 is 1.85 bits per heavy atom. The van der Waals surface area contributed by atoms with E-state index in [1.165, 1.54) is 17.5 Å². The molecule has 5 heterocycles. The normalized spacial score (nSPS) is 32.2. The number of ether oxygens (including phenoxy) is 2. The lowest BCUT2D eigenvalue weighted by Gasteiger charge is -2.40. The number of anilines is 1. The molecule has 0 amide bonds. The molecule has 0 aromatic carbocycles. The van der Waals surface area contributed by atoms with Crippen LogP contribution < -0.4 is 5.32 Å². The van der Waals surface area contributed by atoms with E-state index < -0.39 is 55.4 Å². The summed E-state index contributed by atoms with van der Waals surface area (Å²) in [5.41, 5.74) is 1.00. The van der Waals surface area contributed by atoms with Crippen molar-refractivity contribution < 1.29 is 44.9 Å². The fourth-order valence-corrected chi connectivity index (χ4v) is 6.60. The van der Waals surface area contributed by atoms with Crippen LogP contribution in [-0.2, 0) is 16.0 Å². The second-order valence-electron chi connectivity index (χ2n) is 10.1. The van der Waals surface area contributed by atoms with Gasteiger partial charge in [0.05, 0.1) is 59.3 Å². The van der Waals surface area contributed by atoms with Gasteiger partial charge in [-0.25, -0.2) is 14.6 Å². The maximum Gasteiger partial charge on any atom is 0.216 e. The highest BCUT2D eigenvalue weighted by atomic mass is 32.1. The third kappa shape index (κ3) is 6.34. The Morgan fingerprint density at radius 1 is 1.10 bits per heavy atom. The predicted molar refractivity (Wildman–Crippen MR) is 145 cm³/mol. The maximum atomic E-state index is 13.3. The molecular formula is C24H32N6O9S2. The first-order valence-corrected chi connectivity index (χ1v) is 14.6. The number of aryl methyl sites for hydroxylation is 1. The summed E-state index contributed by atoms with van der Waals surface area (Å²) in [5, 5.41) is 71.5. The van der Waals surface area contributed by atoms with Crippen molar-refractivity contribution in [2.75, 3.05) is 18.5 Å². The zero-order chi connectivity index (χ0) is 29.4. The van der Waals surface area contributed by atoms with Crippen molar-refractivity contribution >= 4 is 33.6 Å². The van der Waals surface area contributed by atoms with Gasteiger partial charge in [0, 0.05) is 13.0 Å². The summed E-state index contributed by atoms with van der Waals surface area (Å²) in [7, 11) is 0. The summed E-state index contributed by atoms with van der Waals surface area (Å²) in [4.78, 5) is 22.7. The summed E-state index contributed by atoms with van der Waals surface area (Å²) in [6, 6.07) is 0. The van der Waals surface area contributed by atoms with Gasteiger partial charge in [-0.15, -0.1) is 16.4 Å². The standard InChI is InChI=1S/C24H32N6O9S2/c1-9-22(41-23(27-9)12-7-30(29-28-12)6-11-3-13(32)17(33)10(2)38-11)20(36)16-5-26-24(40-16)25-4-14-18(34)21(37)19(35)15(8-31)39-14/h5,7,10-11,13-15,17-19,21,31-35,37H,3-4,6,8H2,1-2H3,(H,25,26)/t10?,11-,13-,14+,15+,17+,18+,19+,21+/m0/s1. The average Bonchev–Trinajstić information content (AvgIpc) is 3.70. The molecule has 7 N–H and O–H groups in total. The van der Waals surface area contributed by atoms with E-state index in [4.69, 9.17) is 9.47 Å². The summed E-state index contributed by atoms with van der Waals surface area (Å²) < 4.78 is 12.8. The van der Waals surface area contributed by atoms with Gasteiger partial charge in [0.25, 0.3) is 0 Å². The number of nitrogens with one attached hydrogen (secondary N) is 1. The zero-order valence-electron chi connectivity index (χ0n) is 22.1. The number of thiazole rings is 2. The van der Waals surface area contributed by atoms with Crippen LogP contribution in [0, 0.1) is 6.92 Å². The lowest BCUT2D eigenvalue weighted by Crippen LogP contribution is -2.60. The lowest BCUT2D eigenvalue weighted by atomic mass is 9.95. The van der Waals surface area contributed by atoms with E-state index >= 15 is 0 Å². The Kier molecular flexibility index (Phi) is 9.10. The largest absolute Gasteiger partial charge is 0.394 e. The summed E-state index contributed by atoms with van der Waals surface area (Å²) in [6.45, 7) is 3.25. The molecule has 15 nitrogen and oxygen atoms in total. The lowest BCUT2D eigenvalue weighted by molar-refractivity contribution is -0.225. The van der Waals surface area contributed by atoms with E-state index in [0.29, 0.717) is 37.8 Å². The first-order chi connectivity index (χ1) is 19.5. The number of hydrogen-bond acceptors (Lipinski definition) is 16. The van der Waals surface area contributed by atoms with Crippen LogP contribution in [0.25, 0.3) is 10.7 Å². The molecular weight excluding hydrogens is 580 g/mol. The number of aliphatic hydroxyl groups excluding tert-OH is 6. The highest BCUT2D eigenvalue weighted by Crippen LogP contribution is 2.31. The van der Waals surface area contributed by atoms with Gasteiger partial charge < -0.3 is 45.4 Å². The van der Waals surface area contributed by atoms with Crippen LogP contribution in [0.2, 0.25) is 0 Å². The molecule has 2 fully saturated rings. The molecule has 0 saturated carbocycles. The molecule has 1 unspecified atom stereocenters. The minimum Gasteiger partial charge on any atom is -0.394 e. The van der Waals surface area contributed by atoms with Crippen LogP contribution in [0.3, 0.4) is 0 Å². The third-order valence-electron chi connectivity index (χ3n) is 7.11. The molecule has 2 saturated heterocycles. The SMILES string of the molecule is Cc1nc(-c2cn(C[C@@H]3C[C@H](O)[C@H](O)C(C)O3)nn2)sc1C(=O)c1cnc(NC[C@H]2O[C@H](CO)[C@@H](O)[C@H](O)[C@@H]2O)s1. The summed E-state index contributed by atoms with van der Waals surface area (Å²) in [6.07, 6.45) is -5.50. The van der Waals surface area contributed by atoms with Crippen molar-refractivity contribution in [1.29, 1.82) is 0 Å². The number of ketones is 1. The van der Waals surface area contributed by atoms with Crippen LogP contribution in [0.4, 0.5) is 5.13 Å². The van der Waals surface area contributed by atoms with E-state index in [1.54, 1.807) is 24.7 Å². The van der Waals surface area contributed by atoms with Gasteiger partial charge in [0.1, 0.15) is 47.3 Å². The highest BCUT2D eigenvalue weighted by molar-refractivity contribution is 7.20. The Bertz CT molecular complexity index is 1340. The smallest absolute Gasteiger partial charge is 0.216 e. The molecule has 0 bridgehead atoms. The quantitative estimate of drug-likeness (QED) is 0.137. The highest BCUT2D eigenvalue weighted by Gasteiger charge is 2.43. The van der Waals surface area contributed by atoms with Crippen LogP contribution in [-0.4, -0.2) is 129 Å². The van der Waals surface area contributed by atoms with Gasteiger partial charge in [-0.1, -0.05) is 16.6 Å². The van der Waals surface area contributed by atoms with Crippen LogP contribution in [0.15, 0.2) is 12.4 Å². The average molecular weight is 613 g/mol. The van der Waals surface area contributed by atoms with Gasteiger partial charge in [-0.05, 0) is 13.8 Å². The molecule has 41 heavy (non-hydrogen) atoms. The van der Waals surface area contributed by atoms with Crippen molar-refractivity contribution in [2.45, 2.75) is 81.7 Å². The van der Waals surface area contributed by atoms with Gasteiger partial charge >= 0.3 is 0 Å². The number of rotatable bonds is 9. The minimum absolute atomic E-state index is 0.0202. The molecule has 3 aromatic rings. The number of carbonyl (C=O) groups excluding carboxylic acids is 1.